The summed E-state index contributed by atoms with van der Waals surface area (Å²) in [5, 5.41) is 11.1. The van der Waals surface area contributed by atoms with Crippen LogP contribution in [0, 0.1) is 13.8 Å². The highest BCUT2D eigenvalue weighted by atomic mass is 32.1. The smallest absolute Gasteiger partial charge is 0.308 e. The van der Waals surface area contributed by atoms with Crippen molar-refractivity contribution in [3.8, 4) is 16.3 Å². The predicted octanol–water partition coefficient (Wildman–Crippen LogP) is 6.88. The van der Waals surface area contributed by atoms with Gasteiger partial charge in [-0.1, -0.05) is 12.1 Å². The Morgan fingerprint density at radius 3 is 2.19 bits per heavy atom. The van der Waals surface area contributed by atoms with Crippen molar-refractivity contribution < 1.29 is 18.0 Å². The number of urea groups is 1. The van der Waals surface area contributed by atoms with E-state index in [-0.39, 0.29) is 0 Å². The number of nitrogens with zero attached hydrogens (tertiary/aromatic N) is 2. The highest BCUT2D eigenvalue weighted by Gasteiger charge is 2.35. The number of anilines is 2. The second-order valence-electron chi connectivity index (χ2n) is 7.30. The van der Waals surface area contributed by atoms with Gasteiger partial charge in [0, 0.05) is 11.4 Å². The minimum Gasteiger partial charge on any atom is -0.308 e. The lowest BCUT2D eigenvalue weighted by Gasteiger charge is -2.11. The number of aromatic nitrogens is 2. The first-order valence-corrected chi connectivity index (χ1v) is 10.5. The number of carbonyl (C=O) groups is 1. The van der Waals surface area contributed by atoms with Gasteiger partial charge < -0.3 is 10.6 Å². The summed E-state index contributed by atoms with van der Waals surface area (Å²) in [6, 6.07) is 16.3. The van der Waals surface area contributed by atoms with Gasteiger partial charge in [0.05, 0.1) is 16.3 Å². The fourth-order valence-electron chi connectivity index (χ4n) is 3.34. The SMILES string of the molecule is Cc1cc(C)cc(NC(=O)Nc2ccc(-n3nc(C(F)(F)F)cc3-c3cccs3)cc2)c1. The van der Waals surface area contributed by atoms with Gasteiger partial charge in [0.1, 0.15) is 0 Å². The van der Waals surface area contributed by atoms with Crippen molar-refractivity contribution in [2.45, 2.75) is 20.0 Å². The monoisotopic (exact) mass is 456 g/mol. The molecule has 0 unspecified atom stereocenters. The number of hydrogen-bond donors (Lipinski definition) is 2. The Morgan fingerprint density at radius 1 is 0.938 bits per heavy atom. The number of carbonyl (C=O) groups excluding carboxylic acids is 1. The third-order valence-corrected chi connectivity index (χ3v) is 5.52. The molecule has 4 aromatic rings. The summed E-state index contributed by atoms with van der Waals surface area (Å²) in [4.78, 5) is 13.0. The van der Waals surface area contributed by atoms with Crippen LogP contribution in [0.15, 0.2) is 66.0 Å². The number of nitrogens with one attached hydrogen (secondary N) is 2. The molecule has 2 N–H and O–H groups in total. The van der Waals surface area contributed by atoms with Crippen molar-refractivity contribution in [1.29, 1.82) is 0 Å². The van der Waals surface area contributed by atoms with Crippen LogP contribution in [0.4, 0.5) is 29.3 Å². The summed E-state index contributed by atoms with van der Waals surface area (Å²) >= 11 is 1.33. The Bertz CT molecular complexity index is 1230. The number of amides is 2. The van der Waals surface area contributed by atoms with Crippen molar-refractivity contribution in [3.63, 3.8) is 0 Å². The zero-order valence-corrected chi connectivity index (χ0v) is 18.0. The number of rotatable bonds is 4. The van der Waals surface area contributed by atoms with Crippen molar-refractivity contribution in [1.82, 2.24) is 9.78 Å². The summed E-state index contributed by atoms with van der Waals surface area (Å²) in [5.41, 5.74) is 3.07. The quantitative estimate of drug-likeness (QED) is 0.352. The summed E-state index contributed by atoms with van der Waals surface area (Å²) in [6.07, 6.45) is -4.55. The molecule has 0 aliphatic heterocycles. The molecule has 164 valence electrons. The topological polar surface area (TPSA) is 59.0 Å². The average molecular weight is 456 g/mol. The maximum Gasteiger partial charge on any atom is 0.435 e. The van der Waals surface area contributed by atoms with E-state index >= 15 is 0 Å². The number of thiophene rings is 1. The average Bonchev–Trinajstić information content (AvgIpc) is 3.37. The third kappa shape index (κ3) is 4.83. The highest BCUT2D eigenvalue weighted by molar-refractivity contribution is 7.13. The van der Waals surface area contributed by atoms with Gasteiger partial charge in [-0.05, 0) is 78.9 Å². The van der Waals surface area contributed by atoms with Crippen LogP contribution in [0.2, 0.25) is 0 Å². The predicted molar refractivity (Wildman–Crippen MR) is 120 cm³/mol. The molecule has 32 heavy (non-hydrogen) atoms. The maximum absolute atomic E-state index is 13.2. The van der Waals surface area contributed by atoms with E-state index in [0.29, 0.717) is 27.6 Å². The van der Waals surface area contributed by atoms with Crippen molar-refractivity contribution >= 4 is 28.7 Å². The highest BCUT2D eigenvalue weighted by Crippen LogP contribution is 2.34. The Hall–Kier alpha value is -3.59. The van der Waals surface area contributed by atoms with Gasteiger partial charge >= 0.3 is 12.2 Å². The van der Waals surface area contributed by atoms with Crippen LogP contribution >= 0.6 is 11.3 Å². The second-order valence-corrected chi connectivity index (χ2v) is 8.25. The van der Waals surface area contributed by atoms with Gasteiger partial charge in [0.15, 0.2) is 5.69 Å². The molecule has 4 rings (SSSR count). The van der Waals surface area contributed by atoms with E-state index in [1.54, 1.807) is 41.8 Å². The first-order valence-electron chi connectivity index (χ1n) is 9.67. The van der Waals surface area contributed by atoms with Gasteiger partial charge in [0.2, 0.25) is 0 Å². The first-order chi connectivity index (χ1) is 15.2. The van der Waals surface area contributed by atoms with Gasteiger partial charge in [0.25, 0.3) is 0 Å². The summed E-state index contributed by atoms with van der Waals surface area (Å²) in [7, 11) is 0. The lowest BCUT2D eigenvalue weighted by atomic mass is 10.1. The molecule has 0 radical (unpaired) electrons. The van der Waals surface area contributed by atoms with Crippen molar-refractivity contribution in [2.75, 3.05) is 10.6 Å². The third-order valence-electron chi connectivity index (χ3n) is 4.62. The Labute approximate surface area is 186 Å². The molecule has 9 heteroatoms. The molecule has 0 spiro atoms. The Morgan fingerprint density at radius 2 is 1.59 bits per heavy atom. The lowest BCUT2D eigenvalue weighted by Crippen LogP contribution is -2.19. The molecule has 5 nitrogen and oxygen atoms in total. The van der Waals surface area contributed by atoms with Crippen LogP contribution in [0.5, 0.6) is 0 Å². The van der Waals surface area contributed by atoms with Crippen LogP contribution in [-0.2, 0) is 6.18 Å². The Balaban J connectivity index is 1.55. The minimum absolute atomic E-state index is 0.348. The fraction of sp³-hybridized carbons (Fsp3) is 0.130. The van der Waals surface area contributed by atoms with E-state index in [1.807, 2.05) is 32.0 Å². The largest absolute Gasteiger partial charge is 0.435 e. The molecule has 2 amide bonds. The van der Waals surface area contributed by atoms with Crippen LogP contribution in [0.3, 0.4) is 0 Å². The van der Waals surface area contributed by atoms with Crippen LogP contribution in [0.1, 0.15) is 16.8 Å². The molecule has 0 aliphatic rings. The molecule has 0 fully saturated rings. The zero-order valence-electron chi connectivity index (χ0n) is 17.2. The van der Waals surface area contributed by atoms with Gasteiger partial charge in [-0.15, -0.1) is 11.3 Å². The molecule has 0 bridgehead atoms. The molecule has 0 atom stereocenters. The molecule has 0 saturated heterocycles. The van der Waals surface area contributed by atoms with Crippen molar-refractivity contribution in [2.24, 2.45) is 0 Å². The van der Waals surface area contributed by atoms with Crippen molar-refractivity contribution in [3.05, 3.63) is 82.9 Å². The number of benzene rings is 2. The zero-order chi connectivity index (χ0) is 22.9. The molecule has 2 aromatic carbocycles. The molecule has 0 aliphatic carbocycles. The van der Waals surface area contributed by atoms with E-state index < -0.39 is 17.9 Å². The normalized spacial score (nSPS) is 11.4. The number of halogens is 3. The number of alkyl halides is 3. The summed E-state index contributed by atoms with van der Waals surface area (Å²) < 4.78 is 41.0. The Kier molecular flexibility index (Phi) is 5.75. The second kappa shape index (κ2) is 8.51. The minimum atomic E-state index is -4.55. The molecule has 2 heterocycles. The number of hydrogen-bond acceptors (Lipinski definition) is 3. The molecule has 0 saturated carbocycles. The van der Waals surface area contributed by atoms with E-state index in [2.05, 4.69) is 15.7 Å². The lowest BCUT2D eigenvalue weighted by molar-refractivity contribution is -0.141. The molecule has 2 aromatic heterocycles. The summed E-state index contributed by atoms with van der Waals surface area (Å²) in [5.74, 6) is 0. The van der Waals surface area contributed by atoms with E-state index in [9.17, 15) is 18.0 Å². The fourth-order valence-corrected chi connectivity index (χ4v) is 4.07. The molecular weight excluding hydrogens is 437 g/mol. The first kappa shape index (κ1) is 21.6. The number of aryl methyl sites for hydroxylation is 2. The van der Waals surface area contributed by atoms with Gasteiger partial charge in [-0.25, -0.2) is 9.48 Å². The van der Waals surface area contributed by atoms with E-state index in [0.717, 1.165) is 17.2 Å². The van der Waals surface area contributed by atoms with E-state index in [4.69, 9.17) is 0 Å². The van der Waals surface area contributed by atoms with Crippen LogP contribution < -0.4 is 10.6 Å². The standard InChI is InChI=1S/C23H19F3N4OS/c1-14-10-15(2)12-17(11-14)28-22(31)27-16-5-7-18(8-6-16)30-19(20-4-3-9-32-20)13-21(29-30)23(24,25)26/h3-13H,1-2H3,(H2,27,28,31). The van der Waals surface area contributed by atoms with Crippen LogP contribution in [-0.4, -0.2) is 15.8 Å². The maximum atomic E-state index is 13.2. The van der Waals surface area contributed by atoms with E-state index in [1.165, 1.54) is 16.0 Å². The van der Waals surface area contributed by atoms with Crippen LogP contribution in [0.25, 0.3) is 16.3 Å². The molecular formula is C23H19F3N4OS. The van der Waals surface area contributed by atoms with Gasteiger partial charge in [-0.2, -0.15) is 18.3 Å². The van der Waals surface area contributed by atoms with Gasteiger partial charge in [-0.3, -0.25) is 0 Å². The summed E-state index contributed by atoms with van der Waals surface area (Å²) in [6.45, 7) is 3.89.